The van der Waals surface area contributed by atoms with Gasteiger partial charge in [-0.3, -0.25) is 4.90 Å². The molecule has 0 aromatic carbocycles. The van der Waals surface area contributed by atoms with E-state index < -0.39 is 0 Å². The number of hydrogen-bond acceptors (Lipinski definition) is 2. The molecule has 0 aromatic heterocycles. The summed E-state index contributed by atoms with van der Waals surface area (Å²) in [4.78, 5) is 2.82. The van der Waals surface area contributed by atoms with Gasteiger partial charge >= 0.3 is 0 Å². The molecule has 3 fully saturated rings. The highest BCUT2D eigenvalue weighted by Gasteiger charge is 2.38. The second-order valence-electron chi connectivity index (χ2n) is 6.75. The maximum Gasteiger partial charge on any atom is 0.0583 e. The number of aliphatic hydroxyl groups excluding tert-OH is 1. The van der Waals surface area contributed by atoms with Crippen molar-refractivity contribution in [2.75, 3.05) is 6.54 Å². The minimum absolute atomic E-state index is 0.00856. The molecule has 3 rings (SSSR count). The Morgan fingerprint density at radius 3 is 2.17 bits per heavy atom. The average molecular weight is 251 g/mol. The van der Waals surface area contributed by atoms with Gasteiger partial charge in [0, 0.05) is 18.0 Å². The van der Waals surface area contributed by atoms with Crippen molar-refractivity contribution in [2.24, 2.45) is 5.92 Å². The summed E-state index contributed by atoms with van der Waals surface area (Å²) in [6, 6.07) is 1.56. The van der Waals surface area contributed by atoms with Gasteiger partial charge in [-0.05, 0) is 45.1 Å². The minimum Gasteiger partial charge on any atom is -0.393 e. The van der Waals surface area contributed by atoms with Gasteiger partial charge in [-0.25, -0.2) is 0 Å². The zero-order valence-electron chi connectivity index (χ0n) is 11.7. The van der Waals surface area contributed by atoms with E-state index in [-0.39, 0.29) is 6.10 Å². The SMILES string of the molecule is OC1CCCCC1C1CCCCN1C1CCCC1. The molecule has 0 aromatic rings. The van der Waals surface area contributed by atoms with Crippen molar-refractivity contribution in [3.05, 3.63) is 0 Å². The van der Waals surface area contributed by atoms with Crippen LogP contribution in [0.3, 0.4) is 0 Å². The molecule has 1 heterocycles. The molecular weight excluding hydrogens is 222 g/mol. The summed E-state index contributed by atoms with van der Waals surface area (Å²) < 4.78 is 0. The third-order valence-electron chi connectivity index (χ3n) is 5.66. The van der Waals surface area contributed by atoms with Crippen LogP contribution in [0.15, 0.2) is 0 Å². The second kappa shape index (κ2) is 5.92. The van der Waals surface area contributed by atoms with Crippen molar-refractivity contribution in [3.63, 3.8) is 0 Å². The van der Waals surface area contributed by atoms with E-state index >= 15 is 0 Å². The highest BCUT2D eigenvalue weighted by molar-refractivity contribution is 4.92. The lowest BCUT2D eigenvalue weighted by Gasteiger charge is -2.46. The van der Waals surface area contributed by atoms with Crippen molar-refractivity contribution >= 4 is 0 Å². The molecule has 2 saturated carbocycles. The van der Waals surface area contributed by atoms with Gasteiger partial charge in [0.2, 0.25) is 0 Å². The standard InChI is InChI=1S/C16H29NO/c18-16-11-4-3-9-14(16)15-10-5-6-12-17(15)13-7-1-2-8-13/h13-16,18H,1-12H2. The average Bonchev–Trinajstić information content (AvgIpc) is 2.93. The van der Waals surface area contributed by atoms with Crippen molar-refractivity contribution in [2.45, 2.75) is 88.8 Å². The van der Waals surface area contributed by atoms with Crippen LogP contribution < -0.4 is 0 Å². The smallest absolute Gasteiger partial charge is 0.0583 e. The van der Waals surface area contributed by atoms with Crippen LogP contribution in [0.4, 0.5) is 0 Å². The topological polar surface area (TPSA) is 23.5 Å². The molecule has 0 amide bonds. The zero-order valence-corrected chi connectivity index (χ0v) is 11.7. The first-order valence-corrected chi connectivity index (χ1v) is 8.30. The van der Waals surface area contributed by atoms with E-state index in [4.69, 9.17) is 0 Å². The summed E-state index contributed by atoms with van der Waals surface area (Å²) in [6.45, 7) is 1.30. The molecule has 2 heteroatoms. The van der Waals surface area contributed by atoms with Gasteiger partial charge < -0.3 is 5.11 Å². The third kappa shape index (κ3) is 2.60. The van der Waals surface area contributed by atoms with E-state index in [2.05, 4.69) is 4.90 Å². The number of piperidine rings is 1. The quantitative estimate of drug-likeness (QED) is 0.813. The van der Waals surface area contributed by atoms with Crippen molar-refractivity contribution in [1.82, 2.24) is 4.90 Å². The normalized spacial score (nSPS) is 40.2. The van der Waals surface area contributed by atoms with E-state index in [1.54, 1.807) is 0 Å². The fourth-order valence-corrected chi connectivity index (χ4v) is 4.72. The van der Waals surface area contributed by atoms with Crippen molar-refractivity contribution in [3.8, 4) is 0 Å². The highest BCUT2D eigenvalue weighted by Crippen LogP contribution is 2.37. The molecular formula is C16H29NO. The molecule has 0 bridgehead atoms. The molecule has 3 unspecified atom stereocenters. The largest absolute Gasteiger partial charge is 0.393 e. The molecule has 1 saturated heterocycles. The molecule has 2 nitrogen and oxygen atoms in total. The van der Waals surface area contributed by atoms with E-state index in [9.17, 15) is 5.11 Å². The Morgan fingerprint density at radius 1 is 0.722 bits per heavy atom. The molecule has 1 N–H and O–H groups in total. The van der Waals surface area contributed by atoms with Crippen LogP contribution >= 0.6 is 0 Å². The lowest BCUT2D eigenvalue weighted by molar-refractivity contribution is -0.0211. The maximum atomic E-state index is 10.4. The van der Waals surface area contributed by atoms with Crippen LogP contribution in [0.1, 0.15) is 70.6 Å². The predicted molar refractivity (Wildman–Crippen MR) is 74.6 cm³/mol. The third-order valence-corrected chi connectivity index (χ3v) is 5.66. The lowest BCUT2D eigenvalue weighted by atomic mass is 9.77. The Bertz CT molecular complexity index is 262. The molecule has 0 radical (unpaired) electrons. The van der Waals surface area contributed by atoms with Crippen LogP contribution in [0.5, 0.6) is 0 Å². The van der Waals surface area contributed by atoms with Gasteiger partial charge in [-0.1, -0.05) is 32.1 Å². The van der Waals surface area contributed by atoms with Gasteiger partial charge in [0.15, 0.2) is 0 Å². The van der Waals surface area contributed by atoms with E-state index in [0.717, 1.165) is 12.5 Å². The summed E-state index contributed by atoms with van der Waals surface area (Å²) in [5.74, 6) is 0.583. The Kier molecular flexibility index (Phi) is 4.25. The Morgan fingerprint density at radius 2 is 1.39 bits per heavy atom. The highest BCUT2D eigenvalue weighted by atomic mass is 16.3. The Hall–Kier alpha value is -0.0800. The van der Waals surface area contributed by atoms with Crippen molar-refractivity contribution in [1.29, 1.82) is 0 Å². The molecule has 18 heavy (non-hydrogen) atoms. The lowest BCUT2D eigenvalue weighted by Crippen LogP contribution is -2.52. The van der Waals surface area contributed by atoms with Crippen LogP contribution in [-0.4, -0.2) is 34.7 Å². The summed E-state index contributed by atoms with van der Waals surface area (Å²) in [7, 11) is 0. The monoisotopic (exact) mass is 251 g/mol. The molecule has 3 aliphatic rings. The summed E-state index contributed by atoms with van der Waals surface area (Å²) in [5, 5.41) is 10.4. The van der Waals surface area contributed by atoms with E-state index in [0.29, 0.717) is 12.0 Å². The first-order valence-electron chi connectivity index (χ1n) is 8.30. The van der Waals surface area contributed by atoms with Crippen LogP contribution in [0.2, 0.25) is 0 Å². The number of nitrogens with zero attached hydrogens (tertiary/aromatic N) is 1. The first-order chi connectivity index (χ1) is 8.86. The van der Waals surface area contributed by atoms with Gasteiger partial charge in [-0.2, -0.15) is 0 Å². The summed E-state index contributed by atoms with van der Waals surface area (Å²) in [6.07, 6.45) is 14.7. The fourth-order valence-electron chi connectivity index (χ4n) is 4.72. The molecule has 2 aliphatic carbocycles. The van der Waals surface area contributed by atoms with Gasteiger partial charge in [0.1, 0.15) is 0 Å². The van der Waals surface area contributed by atoms with Gasteiger partial charge in [0.05, 0.1) is 6.10 Å². The maximum absolute atomic E-state index is 10.4. The molecule has 1 aliphatic heterocycles. The Balaban J connectivity index is 1.69. The van der Waals surface area contributed by atoms with Gasteiger partial charge in [0.25, 0.3) is 0 Å². The summed E-state index contributed by atoms with van der Waals surface area (Å²) in [5.41, 5.74) is 0. The van der Waals surface area contributed by atoms with Crippen LogP contribution in [-0.2, 0) is 0 Å². The number of hydrogen-bond donors (Lipinski definition) is 1. The van der Waals surface area contributed by atoms with E-state index in [1.165, 1.54) is 70.8 Å². The Labute approximate surface area is 112 Å². The minimum atomic E-state index is -0.00856. The summed E-state index contributed by atoms with van der Waals surface area (Å²) >= 11 is 0. The zero-order chi connectivity index (χ0) is 12.4. The van der Waals surface area contributed by atoms with Crippen LogP contribution in [0.25, 0.3) is 0 Å². The van der Waals surface area contributed by atoms with E-state index in [1.807, 2.05) is 0 Å². The van der Waals surface area contributed by atoms with Gasteiger partial charge in [-0.15, -0.1) is 0 Å². The molecule has 0 spiro atoms. The second-order valence-corrected chi connectivity index (χ2v) is 6.75. The number of aliphatic hydroxyl groups is 1. The van der Waals surface area contributed by atoms with Crippen molar-refractivity contribution < 1.29 is 5.11 Å². The fraction of sp³-hybridized carbons (Fsp3) is 1.00. The number of likely N-dealkylation sites (tertiary alicyclic amines) is 1. The predicted octanol–water partition coefficient (Wildman–Crippen LogP) is 3.33. The first kappa shape index (κ1) is 12.9. The number of rotatable bonds is 2. The molecule has 3 atom stereocenters. The van der Waals surface area contributed by atoms with Crippen LogP contribution in [0, 0.1) is 5.92 Å². The molecule has 104 valence electrons.